The average molecular weight is 455 g/mol. The molecule has 0 aliphatic heterocycles. The Morgan fingerprint density at radius 1 is 1.00 bits per heavy atom. The van der Waals surface area contributed by atoms with Crippen molar-refractivity contribution in [2.45, 2.75) is 13.1 Å². The lowest BCUT2D eigenvalue weighted by molar-refractivity contribution is -0.137. The van der Waals surface area contributed by atoms with E-state index >= 15 is 0 Å². The van der Waals surface area contributed by atoms with Crippen LogP contribution in [0, 0.1) is 6.92 Å². The normalized spacial score (nSPS) is 11.3. The third-order valence-electron chi connectivity index (χ3n) is 4.43. The molecule has 0 saturated heterocycles. The number of halogens is 3. The van der Waals surface area contributed by atoms with Crippen molar-refractivity contribution in [1.82, 2.24) is 5.43 Å². The van der Waals surface area contributed by atoms with Crippen molar-refractivity contribution in [3.63, 3.8) is 0 Å². The van der Waals surface area contributed by atoms with Crippen LogP contribution in [0.1, 0.15) is 27.0 Å². The van der Waals surface area contributed by atoms with Crippen molar-refractivity contribution in [2.75, 3.05) is 11.9 Å². The molecule has 0 fully saturated rings. The summed E-state index contributed by atoms with van der Waals surface area (Å²) in [6.45, 7) is 1.69. The molecule has 0 spiro atoms. The highest BCUT2D eigenvalue weighted by atomic mass is 19.4. The van der Waals surface area contributed by atoms with Crippen molar-refractivity contribution in [2.24, 2.45) is 5.10 Å². The van der Waals surface area contributed by atoms with E-state index in [0.29, 0.717) is 17.0 Å². The zero-order valence-corrected chi connectivity index (χ0v) is 17.5. The van der Waals surface area contributed by atoms with Gasteiger partial charge < -0.3 is 10.1 Å². The molecule has 0 aliphatic carbocycles. The predicted octanol–water partition coefficient (Wildman–Crippen LogP) is 4.80. The lowest BCUT2D eigenvalue weighted by atomic mass is 10.1. The summed E-state index contributed by atoms with van der Waals surface area (Å²) in [5.41, 5.74) is 3.24. The van der Waals surface area contributed by atoms with Crippen LogP contribution in [0.5, 0.6) is 5.75 Å². The maximum atomic E-state index is 12.8. The first-order valence-corrected chi connectivity index (χ1v) is 9.81. The number of carbonyl (C=O) groups is 2. The van der Waals surface area contributed by atoms with E-state index < -0.39 is 17.6 Å². The van der Waals surface area contributed by atoms with E-state index in [4.69, 9.17) is 4.74 Å². The Labute approximate surface area is 188 Å². The van der Waals surface area contributed by atoms with E-state index in [0.717, 1.165) is 23.8 Å². The van der Waals surface area contributed by atoms with Crippen molar-refractivity contribution < 1.29 is 27.5 Å². The van der Waals surface area contributed by atoms with E-state index in [-0.39, 0.29) is 18.1 Å². The number of hydrazone groups is 1. The van der Waals surface area contributed by atoms with E-state index in [1.54, 1.807) is 36.4 Å². The molecule has 0 aromatic heterocycles. The highest BCUT2D eigenvalue weighted by molar-refractivity contribution is 5.95. The monoisotopic (exact) mass is 455 g/mol. The maximum Gasteiger partial charge on any atom is 0.416 e. The number of aryl methyl sites for hydroxylation is 1. The minimum Gasteiger partial charge on any atom is -0.483 e. The molecule has 33 heavy (non-hydrogen) atoms. The molecule has 3 aromatic rings. The number of alkyl halides is 3. The fourth-order valence-corrected chi connectivity index (χ4v) is 2.76. The topological polar surface area (TPSA) is 79.8 Å². The zero-order chi connectivity index (χ0) is 23.8. The molecule has 0 heterocycles. The van der Waals surface area contributed by atoms with Gasteiger partial charge in [0.1, 0.15) is 5.75 Å². The van der Waals surface area contributed by atoms with Gasteiger partial charge in [0, 0.05) is 16.8 Å². The van der Waals surface area contributed by atoms with Crippen LogP contribution in [0.25, 0.3) is 0 Å². The number of hydrogen-bond donors (Lipinski definition) is 2. The second-order valence-corrected chi connectivity index (χ2v) is 7.02. The SMILES string of the molecule is Cc1ccc(NC(=O)COc2ccccc2/C=N\NC(=O)c2cccc(C(F)(F)F)c2)cc1. The number of anilines is 1. The molecule has 3 aromatic carbocycles. The second kappa shape index (κ2) is 10.4. The summed E-state index contributed by atoms with van der Waals surface area (Å²) in [5.74, 6) is -0.815. The van der Waals surface area contributed by atoms with Gasteiger partial charge in [-0.15, -0.1) is 0 Å². The Morgan fingerprint density at radius 3 is 2.45 bits per heavy atom. The number of ether oxygens (including phenoxy) is 1. The van der Waals surface area contributed by atoms with Crippen LogP contribution in [0.2, 0.25) is 0 Å². The van der Waals surface area contributed by atoms with Gasteiger partial charge in [-0.1, -0.05) is 35.9 Å². The third kappa shape index (κ3) is 6.93. The molecule has 0 atom stereocenters. The van der Waals surface area contributed by atoms with Crippen LogP contribution in [-0.2, 0) is 11.0 Å². The van der Waals surface area contributed by atoms with Gasteiger partial charge in [0.2, 0.25) is 0 Å². The van der Waals surface area contributed by atoms with Gasteiger partial charge in [-0.05, 0) is 49.4 Å². The van der Waals surface area contributed by atoms with Gasteiger partial charge in [-0.3, -0.25) is 9.59 Å². The summed E-state index contributed by atoms with van der Waals surface area (Å²) in [6, 6.07) is 18.0. The van der Waals surface area contributed by atoms with Crippen LogP contribution in [0.4, 0.5) is 18.9 Å². The molecule has 6 nitrogen and oxygen atoms in total. The predicted molar refractivity (Wildman–Crippen MR) is 118 cm³/mol. The molecule has 2 N–H and O–H groups in total. The van der Waals surface area contributed by atoms with Crippen LogP contribution >= 0.6 is 0 Å². The number of benzene rings is 3. The quantitative estimate of drug-likeness (QED) is 0.397. The molecule has 3 rings (SSSR count). The summed E-state index contributed by atoms with van der Waals surface area (Å²) in [6.07, 6.45) is -3.28. The van der Waals surface area contributed by atoms with Crippen LogP contribution in [-0.4, -0.2) is 24.6 Å². The highest BCUT2D eigenvalue weighted by Gasteiger charge is 2.30. The first-order valence-electron chi connectivity index (χ1n) is 9.81. The fraction of sp³-hybridized carbons (Fsp3) is 0.125. The van der Waals surface area contributed by atoms with Crippen molar-refractivity contribution in [3.8, 4) is 5.75 Å². The number of para-hydroxylation sites is 1. The van der Waals surface area contributed by atoms with Crippen LogP contribution in [0.3, 0.4) is 0 Å². The van der Waals surface area contributed by atoms with Crippen molar-refractivity contribution in [1.29, 1.82) is 0 Å². The van der Waals surface area contributed by atoms with Gasteiger partial charge in [-0.2, -0.15) is 18.3 Å². The second-order valence-electron chi connectivity index (χ2n) is 7.02. The minimum atomic E-state index is -4.55. The van der Waals surface area contributed by atoms with Crippen molar-refractivity contribution >= 4 is 23.7 Å². The maximum absolute atomic E-state index is 12.8. The average Bonchev–Trinajstić information content (AvgIpc) is 2.79. The smallest absolute Gasteiger partial charge is 0.416 e. The number of nitrogens with zero attached hydrogens (tertiary/aromatic N) is 1. The zero-order valence-electron chi connectivity index (χ0n) is 17.5. The van der Waals surface area contributed by atoms with E-state index in [2.05, 4.69) is 15.8 Å². The van der Waals surface area contributed by atoms with Crippen molar-refractivity contribution in [3.05, 3.63) is 95.1 Å². The number of rotatable bonds is 7. The Bertz CT molecular complexity index is 1160. The summed E-state index contributed by atoms with van der Waals surface area (Å²) in [7, 11) is 0. The first-order chi connectivity index (χ1) is 15.7. The first kappa shape index (κ1) is 23.5. The fourth-order valence-electron chi connectivity index (χ4n) is 2.76. The molecule has 0 bridgehead atoms. The molecule has 0 saturated carbocycles. The highest BCUT2D eigenvalue weighted by Crippen LogP contribution is 2.29. The molecule has 0 unspecified atom stereocenters. The van der Waals surface area contributed by atoms with Crippen LogP contribution < -0.4 is 15.5 Å². The number of amides is 2. The summed E-state index contributed by atoms with van der Waals surface area (Å²) in [5, 5.41) is 6.50. The molecule has 2 amide bonds. The van der Waals surface area contributed by atoms with Gasteiger partial charge in [-0.25, -0.2) is 5.43 Å². The standard InChI is InChI=1S/C24H20F3N3O3/c1-16-9-11-20(12-10-16)29-22(31)15-33-21-8-3-2-5-18(21)14-28-30-23(32)17-6-4-7-19(13-17)24(25,26)27/h2-14H,15H2,1H3,(H,29,31)(H,30,32)/b28-14-. The number of hydrogen-bond acceptors (Lipinski definition) is 4. The Hall–Kier alpha value is -4.14. The number of nitrogens with one attached hydrogen (secondary N) is 2. The Kier molecular flexibility index (Phi) is 7.45. The summed E-state index contributed by atoms with van der Waals surface area (Å²) in [4.78, 5) is 24.3. The van der Waals surface area contributed by atoms with Gasteiger partial charge in [0.05, 0.1) is 11.8 Å². The molecule has 0 radical (unpaired) electrons. The molecule has 0 aliphatic rings. The summed E-state index contributed by atoms with van der Waals surface area (Å²) >= 11 is 0. The van der Waals surface area contributed by atoms with Crippen LogP contribution in [0.15, 0.2) is 77.9 Å². The van der Waals surface area contributed by atoms with E-state index in [1.807, 2.05) is 19.1 Å². The minimum absolute atomic E-state index is 0.181. The molecule has 170 valence electrons. The lowest BCUT2D eigenvalue weighted by Crippen LogP contribution is -2.20. The molecular formula is C24H20F3N3O3. The number of carbonyl (C=O) groups excluding carboxylic acids is 2. The lowest BCUT2D eigenvalue weighted by Gasteiger charge is -2.10. The molecule has 9 heteroatoms. The Morgan fingerprint density at radius 2 is 1.73 bits per heavy atom. The molecular weight excluding hydrogens is 435 g/mol. The largest absolute Gasteiger partial charge is 0.483 e. The van der Waals surface area contributed by atoms with E-state index in [1.165, 1.54) is 12.3 Å². The summed E-state index contributed by atoms with van der Waals surface area (Å²) < 4.78 is 44.0. The third-order valence-corrected chi connectivity index (χ3v) is 4.43. The van der Waals surface area contributed by atoms with Gasteiger partial charge in [0.25, 0.3) is 11.8 Å². The van der Waals surface area contributed by atoms with E-state index in [9.17, 15) is 22.8 Å². The van der Waals surface area contributed by atoms with Gasteiger partial charge >= 0.3 is 6.18 Å². The van der Waals surface area contributed by atoms with Gasteiger partial charge in [0.15, 0.2) is 6.61 Å². The Balaban J connectivity index is 1.59.